The van der Waals surface area contributed by atoms with Crippen LogP contribution in [0.5, 0.6) is 0 Å². The number of aromatic amines is 1. The van der Waals surface area contributed by atoms with Gasteiger partial charge in [0.1, 0.15) is 11.4 Å². The predicted molar refractivity (Wildman–Crippen MR) is 109 cm³/mol. The van der Waals surface area contributed by atoms with E-state index in [0.29, 0.717) is 27.9 Å². The lowest BCUT2D eigenvalue weighted by Gasteiger charge is -2.02. The molecule has 0 aliphatic rings. The molecule has 0 fully saturated rings. The number of imidazole rings is 1. The van der Waals surface area contributed by atoms with Gasteiger partial charge in [0.25, 0.3) is 5.69 Å². The van der Waals surface area contributed by atoms with Gasteiger partial charge in [-0.05, 0) is 30.3 Å². The van der Waals surface area contributed by atoms with Gasteiger partial charge in [-0.2, -0.15) is 0 Å². The Kier molecular flexibility index (Phi) is 4.81. The van der Waals surface area contributed by atoms with Gasteiger partial charge in [-0.3, -0.25) is 15.1 Å². The molecule has 0 aliphatic heterocycles. The molecule has 0 amide bonds. The smallest absolute Gasteiger partial charge is 0.281 e. The highest BCUT2D eigenvalue weighted by Crippen LogP contribution is 2.38. The molecule has 1 N–H and O–H groups in total. The number of nitrogens with one attached hydrogen (secondary N) is 1. The summed E-state index contributed by atoms with van der Waals surface area (Å²) >= 11 is 12.3. The topological polar surface area (TPSA) is 84.7 Å². The van der Waals surface area contributed by atoms with Crippen LogP contribution < -0.4 is 0 Å². The van der Waals surface area contributed by atoms with E-state index in [4.69, 9.17) is 23.2 Å². The number of hydrogen-bond acceptors (Lipinski definition) is 4. The maximum atomic E-state index is 11.5. The van der Waals surface area contributed by atoms with Crippen LogP contribution in [0.2, 0.25) is 10.0 Å². The van der Waals surface area contributed by atoms with Crippen LogP contribution in [0.15, 0.2) is 66.9 Å². The monoisotopic (exact) mass is 410 g/mol. The van der Waals surface area contributed by atoms with Gasteiger partial charge in [0, 0.05) is 22.8 Å². The van der Waals surface area contributed by atoms with Crippen LogP contribution in [-0.4, -0.2) is 19.9 Å². The minimum Gasteiger partial charge on any atom is -0.336 e. The summed E-state index contributed by atoms with van der Waals surface area (Å²) in [6.07, 6.45) is 1.67. The second kappa shape index (κ2) is 7.42. The molecule has 0 atom stereocenters. The molecule has 6 nitrogen and oxygen atoms in total. The number of hydrogen-bond donors (Lipinski definition) is 1. The zero-order chi connectivity index (χ0) is 19.7. The molecule has 28 heavy (non-hydrogen) atoms. The standard InChI is InChI=1S/C20H12Cl2N4O2/c21-13-9-7-12(8-10-13)18-19(15-5-1-2-11-23-15)25-20(24-18)17-14(22)4-3-6-16(17)26(27)28/h1-11H,(H,24,25). The normalized spacial score (nSPS) is 10.8. The number of aromatic nitrogens is 3. The van der Waals surface area contributed by atoms with Crippen molar-refractivity contribution in [1.82, 2.24) is 15.0 Å². The minimum atomic E-state index is -0.480. The maximum Gasteiger partial charge on any atom is 0.281 e. The summed E-state index contributed by atoms with van der Waals surface area (Å²) in [5.74, 6) is 0.294. The van der Waals surface area contributed by atoms with Crippen LogP contribution in [0, 0.1) is 10.1 Å². The molecule has 0 radical (unpaired) electrons. The highest BCUT2D eigenvalue weighted by atomic mass is 35.5. The van der Waals surface area contributed by atoms with E-state index in [-0.39, 0.29) is 16.3 Å². The quantitative estimate of drug-likeness (QED) is 0.329. The third-order valence-corrected chi connectivity index (χ3v) is 4.73. The Morgan fingerprint density at radius 1 is 0.964 bits per heavy atom. The van der Waals surface area contributed by atoms with Gasteiger partial charge in [0.15, 0.2) is 0 Å². The fourth-order valence-electron chi connectivity index (χ4n) is 2.90. The Labute approximate surface area is 170 Å². The van der Waals surface area contributed by atoms with Crippen LogP contribution in [-0.2, 0) is 0 Å². The van der Waals surface area contributed by atoms with Crippen LogP contribution in [0.1, 0.15) is 0 Å². The average molecular weight is 411 g/mol. The van der Waals surface area contributed by atoms with Gasteiger partial charge < -0.3 is 4.98 Å². The number of halogens is 2. The molecule has 0 saturated heterocycles. The largest absolute Gasteiger partial charge is 0.336 e. The Bertz CT molecular complexity index is 1160. The van der Waals surface area contributed by atoms with E-state index in [9.17, 15) is 10.1 Å². The fraction of sp³-hybridized carbons (Fsp3) is 0. The fourth-order valence-corrected chi connectivity index (χ4v) is 3.29. The number of rotatable bonds is 4. The first-order chi connectivity index (χ1) is 13.5. The summed E-state index contributed by atoms with van der Waals surface area (Å²) in [6.45, 7) is 0. The lowest BCUT2D eigenvalue weighted by atomic mass is 10.1. The highest BCUT2D eigenvalue weighted by Gasteiger charge is 2.24. The van der Waals surface area contributed by atoms with Crippen LogP contribution in [0.4, 0.5) is 5.69 Å². The minimum absolute atomic E-state index is 0.128. The SMILES string of the molecule is O=[N+]([O-])c1cccc(Cl)c1-c1nc(-c2ccc(Cl)cc2)c(-c2ccccn2)[nH]1. The van der Waals surface area contributed by atoms with Crippen LogP contribution in [0.25, 0.3) is 34.0 Å². The number of nitrogens with zero attached hydrogens (tertiary/aromatic N) is 3. The summed E-state index contributed by atoms with van der Waals surface area (Å²) in [7, 11) is 0. The van der Waals surface area contributed by atoms with Crippen molar-refractivity contribution >= 4 is 28.9 Å². The molecule has 0 spiro atoms. The van der Waals surface area contributed by atoms with E-state index in [1.807, 2.05) is 30.3 Å². The molecule has 8 heteroatoms. The molecule has 4 aromatic rings. The summed E-state index contributed by atoms with van der Waals surface area (Å²) < 4.78 is 0. The van der Waals surface area contributed by atoms with Crippen molar-refractivity contribution in [1.29, 1.82) is 0 Å². The van der Waals surface area contributed by atoms with Gasteiger partial charge in [-0.15, -0.1) is 0 Å². The Hall–Kier alpha value is -3.22. The Morgan fingerprint density at radius 2 is 1.75 bits per heavy atom. The first kappa shape index (κ1) is 18.2. The molecule has 4 rings (SSSR count). The van der Waals surface area contributed by atoms with E-state index in [0.717, 1.165) is 5.56 Å². The second-order valence-electron chi connectivity index (χ2n) is 5.92. The molecule has 0 unspecified atom stereocenters. The summed E-state index contributed by atoms with van der Waals surface area (Å²) in [4.78, 5) is 23.2. The van der Waals surface area contributed by atoms with Gasteiger partial charge in [-0.1, -0.05) is 47.5 Å². The van der Waals surface area contributed by atoms with Gasteiger partial charge >= 0.3 is 0 Å². The van der Waals surface area contributed by atoms with Crippen LogP contribution in [0.3, 0.4) is 0 Å². The molecule has 2 aromatic carbocycles. The first-order valence-electron chi connectivity index (χ1n) is 8.25. The number of nitro groups is 1. The molecule has 138 valence electrons. The first-order valence-corrected chi connectivity index (χ1v) is 9.01. The van der Waals surface area contributed by atoms with Crippen molar-refractivity contribution in [2.75, 3.05) is 0 Å². The van der Waals surface area contributed by atoms with E-state index < -0.39 is 4.92 Å². The van der Waals surface area contributed by atoms with Crippen LogP contribution >= 0.6 is 23.2 Å². The summed E-state index contributed by atoms with van der Waals surface area (Å²) in [5.41, 5.74) is 2.78. The van der Waals surface area contributed by atoms with E-state index in [1.54, 1.807) is 24.4 Å². The summed E-state index contributed by atoms with van der Waals surface area (Å²) in [6, 6.07) is 17.2. The highest BCUT2D eigenvalue weighted by molar-refractivity contribution is 6.33. The van der Waals surface area contributed by atoms with E-state index >= 15 is 0 Å². The zero-order valence-corrected chi connectivity index (χ0v) is 15.8. The van der Waals surface area contributed by atoms with Crippen molar-refractivity contribution < 1.29 is 4.92 Å². The second-order valence-corrected chi connectivity index (χ2v) is 6.77. The van der Waals surface area contributed by atoms with E-state index in [1.165, 1.54) is 12.1 Å². The number of nitro benzene ring substituents is 1. The van der Waals surface area contributed by atoms with Crippen molar-refractivity contribution in [3.63, 3.8) is 0 Å². The lowest BCUT2D eigenvalue weighted by Crippen LogP contribution is -1.94. The van der Waals surface area contributed by atoms with E-state index in [2.05, 4.69) is 15.0 Å². The van der Waals surface area contributed by atoms with Crippen molar-refractivity contribution in [3.8, 4) is 34.0 Å². The molecular weight excluding hydrogens is 399 g/mol. The zero-order valence-electron chi connectivity index (χ0n) is 14.3. The molecule has 0 bridgehead atoms. The molecular formula is C20H12Cl2N4O2. The van der Waals surface area contributed by atoms with Crippen molar-refractivity contribution in [2.24, 2.45) is 0 Å². The lowest BCUT2D eigenvalue weighted by molar-refractivity contribution is -0.384. The molecule has 2 heterocycles. The maximum absolute atomic E-state index is 11.5. The average Bonchev–Trinajstić information content (AvgIpc) is 3.14. The Morgan fingerprint density at radius 3 is 2.43 bits per heavy atom. The molecule has 0 saturated carbocycles. The third-order valence-electron chi connectivity index (χ3n) is 4.17. The molecule has 0 aliphatic carbocycles. The predicted octanol–water partition coefficient (Wildman–Crippen LogP) is 6.02. The van der Waals surface area contributed by atoms with Gasteiger partial charge in [0.05, 0.1) is 27.0 Å². The van der Waals surface area contributed by atoms with Gasteiger partial charge in [0.2, 0.25) is 0 Å². The molecule has 2 aromatic heterocycles. The Balaban J connectivity index is 1.97. The third kappa shape index (κ3) is 3.35. The number of H-pyrrole nitrogens is 1. The van der Waals surface area contributed by atoms with Crippen molar-refractivity contribution in [2.45, 2.75) is 0 Å². The summed E-state index contributed by atoms with van der Waals surface area (Å²) in [5, 5.41) is 12.3. The number of benzene rings is 2. The number of pyridine rings is 1. The van der Waals surface area contributed by atoms with Crippen molar-refractivity contribution in [3.05, 3.63) is 87.0 Å². The van der Waals surface area contributed by atoms with Gasteiger partial charge in [-0.25, -0.2) is 4.98 Å².